The van der Waals surface area contributed by atoms with Crippen LogP contribution in [-0.2, 0) is 17.6 Å². The second-order valence-corrected chi connectivity index (χ2v) is 7.11. The normalized spacial score (nSPS) is 15.5. The molecule has 0 aromatic heterocycles. The van der Waals surface area contributed by atoms with Gasteiger partial charge in [-0.2, -0.15) is 0 Å². The zero-order valence-corrected chi connectivity index (χ0v) is 15.2. The molecule has 0 radical (unpaired) electrons. The number of nitrogens with zero attached hydrogens (tertiary/aromatic N) is 1. The van der Waals surface area contributed by atoms with Gasteiger partial charge in [0.25, 0.3) is 11.8 Å². The average molecular weight is 362 g/mol. The van der Waals surface area contributed by atoms with Crippen molar-refractivity contribution >= 4 is 23.4 Å². The van der Waals surface area contributed by atoms with E-state index in [-0.39, 0.29) is 30.7 Å². The first-order valence-corrected chi connectivity index (χ1v) is 9.51. The Morgan fingerprint density at radius 1 is 0.926 bits per heavy atom. The Morgan fingerprint density at radius 2 is 1.63 bits per heavy atom. The predicted octanol–water partition coefficient (Wildman–Crippen LogP) is 3.58. The molecule has 1 heterocycles. The van der Waals surface area contributed by atoms with Gasteiger partial charge in [0.15, 0.2) is 0 Å². The van der Waals surface area contributed by atoms with Crippen molar-refractivity contribution in [2.75, 3.05) is 11.9 Å². The topological polar surface area (TPSA) is 66.5 Å². The smallest absolute Gasteiger partial charge is 0.261 e. The second-order valence-electron chi connectivity index (χ2n) is 7.11. The predicted molar refractivity (Wildman–Crippen MR) is 103 cm³/mol. The molecular formula is C22H22N2O3. The van der Waals surface area contributed by atoms with Gasteiger partial charge in [-0.25, -0.2) is 0 Å². The van der Waals surface area contributed by atoms with E-state index in [4.69, 9.17) is 0 Å². The lowest BCUT2D eigenvalue weighted by Gasteiger charge is -2.19. The van der Waals surface area contributed by atoms with E-state index < -0.39 is 0 Å². The number of hydrogen-bond donors (Lipinski definition) is 1. The first-order chi connectivity index (χ1) is 13.1. The lowest BCUT2D eigenvalue weighted by Crippen LogP contribution is -2.31. The average Bonchev–Trinajstić information content (AvgIpc) is 2.93. The third-order valence-corrected chi connectivity index (χ3v) is 5.33. The van der Waals surface area contributed by atoms with Crippen molar-refractivity contribution < 1.29 is 14.4 Å². The Bertz CT molecular complexity index is 885. The minimum Gasteiger partial charge on any atom is -0.326 e. The molecule has 2 aliphatic rings. The second kappa shape index (κ2) is 7.35. The third-order valence-electron chi connectivity index (χ3n) is 5.33. The van der Waals surface area contributed by atoms with E-state index in [2.05, 4.69) is 11.4 Å². The summed E-state index contributed by atoms with van der Waals surface area (Å²) in [4.78, 5) is 38.3. The molecule has 0 spiro atoms. The molecule has 4 rings (SSSR count). The summed E-state index contributed by atoms with van der Waals surface area (Å²) in [5, 5.41) is 3.01. The van der Waals surface area contributed by atoms with Crippen LogP contribution in [0.5, 0.6) is 0 Å². The molecule has 0 saturated carbocycles. The molecule has 2 aromatic carbocycles. The van der Waals surface area contributed by atoms with Crippen LogP contribution in [-0.4, -0.2) is 29.2 Å². The number of hydrogen-bond acceptors (Lipinski definition) is 3. The summed E-state index contributed by atoms with van der Waals surface area (Å²) in [6.07, 6.45) is 5.15. The lowest BCUT2D eigenvalue weighted by atomic mass is 9.90. The molecule has 1 aliphatic carbocycles. The fourth-order valence-corrected chi connectivity index (χ4v) is 3.95. The van der Waals surface area contributed by atoms with Crippen LogP contribution in [0.2, 0.25) is 0 Å². The van der Waals surface area contributed by atoms with Crippen molar-refractivity contribution in [2.24, 2.45) is 0 Å². The van der Waals surface area contributed by atoms with E-state index in [0.29, 0.717) is 17.5 Å². The van der Waals surface area contributed by atoms with Gasteiger partial charge >= 0.3 is 0 Å². The minimum absolute atomic E-state index is 0.0782. The van der Waals surface area contributed by atoms with E-state index in [0.717, 1.165) is 24.9 Å². The Labute approximate surface area is 158 Å². The molecule has 3 amide bonds. The highest BCUT2D eigenvalue weighted by Gasteiger charge is 2.34. The fraction of sp³-hybridized carbons (Fsp3) is 0.318. The Kier molecular flexibility index (Phi) is 4.75. The van der Waals surface area contributed by atoms with E-state index in [1.807, 2.05) is 12.1 Å². The van der Waals surface area contributed by atoms with Crippen molar-refractivity contribution in [3.05, 3.63) is 64.7 Å². The molecule has 2 aromatic rings. The Morgan fingerprint density at radius 3 is 2.37 bits per heavy atom. The van der Waals surface area contributed by atoms with Crippen molar-refractivity contribution in [1.29, 1.82) is 0 Å². The summed E-state index contributed by atoms with van der Waals surface area (Å²) in [7, 11) is 0. The molecule has 0 fully saturated rings. The van der Waals surface area contributed by atoms with Crippen molar-refractivity contribution in [1.82, 2.24) is 4.90 Å². The monoisotopic (exact) mass is 362 g/mol. The van der Waals surface area contributed by atoms with Crippen molar-refractivity contribution in [2.45, 2.75) is 38.5 Å². The molecule has 5 nitrogen and oxygen atoms in total. The van der Waals surface area contributed by atoms with Gasteiger partial charge in [0.2, 0.25) is 5.91 Å². The highest BCUT2D eigenvalue weighted by atomic mass is 16.2. The van der Waals surface area contributed by atoms with Crippen LogP contribution in [0.4, 0.5) is 5.69 Å². The zero-order valence-electron chi connectivity index (χ0n) is 15.2. The molecule has 5 heteroatoms. The summed E-state index contributed by atoms with van der Waals surface area (Å²) < 4.78 is 0. The number of rotatable bonds is 5. The van der Waals surface area contributed by atoms with Crippen LogP contribution in [0.3, 0.4) is 0 Å². The maximum Gasteiger partial charge on any atom is 0.261 e. The molecular weight excluding hydrogens is 340 g/mol. The molecule has 0 unspecified atom stereocenters. The van der Waals surface area contributed by atoms with Crippen LogP contribution < -0.4 is 5.32 Å². The SMILES string of the molecule is O=C(CCCN1C(=O)c2ccccc2C1=O)Nc1cccc2c1CCCC2. The van der Waals surface area contributed by atoms with Gasteiger partial charge < -0.3 is 5.32 Å². The van der Waals surface area contributed by atoms with Crippen molar-refractivity contribution in [3.63, 3.8) is 0 Å². The van der Waals surface area contributed by atoms with Crippen LogP contribution >= 0.6 is 0 Å². The minimum atomic E-state index is -0.270. The maximum absolute atomic E-state index is 12.4. The van der Waals surface area contributed by atoms with E-state index in [9.17, 15) is 14.4 Å². The fourth-order valence-electron chi connectivity index (χ4n) is 3.95. The Hall–Kier alpha value is -2.95. The third kappa shape index (κ3) is 3.37. The van der Waals surface area contributed by atoms with Crippen molar-refractivity contribution in [3.8, 4) is 0 Å². The molecule has 0 saturated heterocycles. The number of nitrogens with one attached hydrogen (secondary N) is 1. The summed E-state index contributed by atoms with van der Waals surface area (Å²) in [5.41, 5.74) is 4.37. The summed E-state index contributed by atoms with van der Waals surface area (Å²) in [6.45, 7) is 0.257. The number of imide groups is 1. The van der Waals surface area contributed by atoms with Crippen LogP contribution in [0.1, 0.15) is 57.5 Å². The Balaban J connectivity index is 1.33. The lowest BCUT2D eigenvalue weighted by molar-refractivity contribution is -0.116. The quantitative estimate of drug-likeness (QED) is 0.827. The van der Waals surface area contributed by atoms with Crippen LogP contribution in [0.15, 0.2) is 42.5 Å². The summed E-state index contributed by atoms with van der Waals surface area (Å²) in [6, 6.07) is 12.9. The number of benzene rings is 2. The van der Waals surface area contributed by atoms with Gasteiger partial charge in [-0.05, 0) is 61.4 Å². The van der Waals surface area contributed by atoms with E-state index >= 15 is 0 Å². The first kappa shape index (κ1) is 17.5. The highest BCUT2D eigenvalue weighted by molar-refractivity contribution is 6.21. The molecule has 0 atom stereocenters. The van der Waals surface area contributed by atoms with Crippen LogP contribution in [0, 0.1) is 0 Å². The maximum atomic E-state index is 12.4. The van der Waals surface area contributed by atoms with Crippen LogP contribution in [0.25, 0.3) is 0 Å². The highest BCUT2D eigenvalue weighted by Crippen LogP contribution is 2.28. The van der Waals surface area contributed by atoms with Gasteiger partial charge in [0.1, 0.15) is 0 Å². The number of fused-ring (bicyclic) bond motifs is 2. The number of carbonyl (C=O) groups excluding carboxylic acids is 3. The van der Waals surface area contributed by atoms with Gasteiger partial charge in [-0.15, -0.1) is 0 Å². The number of amides is 3. The van der Waals surface area contributed by atoms with Gasteiger partial charge in [0, 0.05) is 18.7 Å². The molecule has 138 valence electrons. The summed E-state index contributed by atoms with van der Waals surface area (Å²) >= 11 is 0. The number of anilines is 1. The number of aryl methyl sites for hydroxylation is 1. The largest absolute Gasteiger partial charge is 0.326 e. The zero-order chi connectivity index (χ0) is 18.8. The first-order valence-electron chi connectivity index (χ1n) is 9.51. The molecule has 0 bridgehead atoms. The molecule has 27 heavy (non-hydrogen) atoms. The number of carbonyl (C=O) groups is 3. The summed E-state index contributed by atoms with van der Waals surface area (Å²) in [5.74, 6) is -0.619. The van der Waals surface area contributed by atoms with Gasteiger partial charge in [-0.3, -0.25) is 19.3 Å². The van der Waals surface area contributed by atoms with E-state index in [1.54, 1.807) is 24.3 Å². The standard InChI is InChI=1S/C22H22N2O3/c25-20(23-19-12-5-8-15-7-1-2-9-16(15)19)13-6-14-24-21(26)17-10-3-4-11-18(17)22(24)27/h3-5,8,10-12H,1-2,6-7,9,13-14H2,(H,23,25). The van der Waals surface area contributed by atoms with E-state index in [1.165, 1.54) is 22.4 Å². The molecule has 1 N–H and O–H groups in total. The van der Waals surface area contributed by atoms with Gasteiger partial charge in [0.05, 0.1) is 11.1 Å². The van der Waals surface area contributed by atoms with Gasteiger partial charge in [-0.1, -0.05) is 24.3 Å². The molecule has 1 aliphatic heterocycles.